The molecule has 2 aromatic rings. The molecule has 0 radical (unpaired) electrons. The summed E-state index contributed by atoms with van der Waals surface area (Å²) in [5, 5.41) is 1.32. The number of carbonyl (C=O) groups is 1. The zero-order valence-electron chi connectivity index (χ0n) is 7.04. The first-order chi connectivity index (χ1) is 6.75. The molecule has 70 valence electrons. The Morgan fingerprint density at radius 3 is 3.07 bits per heavy atom. The molecule has 3 nitrogen and oxygen atoms in total. The molecule has 2 heterocycles. The molecule has 1 aromatic heterocycles. The molecule has 14 heavy (non-hydrogen) atoms. The summed E-state index contributed by atoms with van der Waals surface area (Å²) < 4.78 is 10.3. The van der Waals surface area contributed by atoms with Gasteiger partial charge in [0.25, 0.3) is 0 Å². The number of fused-ring (bicyclic) bond motifs is 3. The van der Waals surface area contributed by atoms with Crippen LogP contribution in [-0.2, 0) is 11.3 Å². The van der Waals surface area contributed by atoms with Gasteiger partial charge in [0.2, 0.25) is 0 Å². The van der Waals surface area contributed by atoms with Crippen LogP contribution >= 0.6 is 11.6 Å². The lowest BCUT2D eigenvalue weighted by Crippen LogP contribution is -1.92. The number of carbonyl (C=O) groups excluding carboxylic acids is 1. The molecule has 1 aliphatic rings. The third-order valence-electron chi connectivity index (χ3n) is 2.26. The van der Waals surface area contributed by atoms with E-state index >= 15 is 0 Å². The molecule has 4 heteroatoms. The Kier molecular flexibility index (Phi) is 1.42. The maximum Gasteiger partial charge on any atom is 0.342 e. The van der Waals surface area contributed by atoms with Gasteiger partial charge in [0, 0.05) is 10.4 Å². The maximum atomic E-state index is 11.3. The highest BCUT2D eigenvalue weighted by Crippen LogP contribution is 2.32. The summed E-state index contributed by atoms with van der Waals surface area (Å²) in [5.41, 5.74) is 1.19. The Morgan fingerprint density at radius 2 is 2.21 bits per heavy atom. The molecule has 0 spiro atoms. The molecule has 1 aliphatic heterocycles. The van der Waals surface area contributed by atoms with E-state index < -0.39 is 0 Å². The molecule has 3 rings (SSSR count). The number of rotatable bonds is 0. The highest BCUT2D eigenvalue weighted by Gasteiger charge is 2.28. The standard InChI is InChI=1S/C10H5ClO3/c11-5-1-2-7-6(3-5)9-8(14-7)4-13-10(9)12/h1-3H,4H2. The largest absolute Gasteiger partial charge is 0.456 e. The summed E-state index contributed by atoms with van der Waals surface area (Å²) in [5.74, 6) is 0.258. The monoisotopic (exact) mass is 208 g/mol. The van der Waals surface area contributed by atoms with Gasteiger partial charge in [0.05, 0.1) is 0 Å². The van der Waals surface area contributed by atoms with E-state index in [-0.39, 0.29) is 12.6 Å². The lowest BCUT2D eigenvalue weighted by atomic mass is 10.1. The number of hydrogen-bond acceptors (Lipinski definition) is 3. The van der Waals surface area contributed by atoms with Crippen molar-refractivity contribution in [3.05, 3.63) is 34.5 Å². The summed E-state index contributed by atoms with van der Waals surface area (Å²) in [6.07, 6.45) is 0. The maximum absolute atomic E-state index is 11.3. The van der Waals surface area contributed by atoms with Crippen molar-refractivity contribution >= 4 is 28.5 Å². The normalized spacial score (nSPS) is 14.5. The van der Waals surface area contributed by atoms with E-state index in [9.17, 15) is 4.79 Å². The predicted molar refractivity (Wildman–Crippen MR) is 50.3 cm³/mol. The van der Waals surface area contributed by atoms with Gasteiger partial charge in [-0.15, -0.1) is 0 Å². The number of ether oxygens (including phenoxy) is 1. The minimum absolute atomic E-state index is 0.223. The van der Waals surface area contributed by atoms with Crippen LogP contribution in [0.2, 0.25) is 5.02 Å². The predicted octanol–water partition coefficient (Wildman–Crippen LogP) is 2.76. The Morgan fingerprint density at radius 1 is 1.36 bits per heavy atom. The molecular weight excluding hydrogens is 204 g/mol. The van der Waals surface area contributed by atoms with Crippen molar-refractivity contribution in [1.82, 2.24) is 0 Å². The van der Waals surface area contributed by atoms with Gasteiger partial charge in [-0.1, -0.05) is 11.6 Å². The van der Waals surface area contributed by atoms with Gasteiger partial charge in [0.15, 0.2) is 12.4 Å². The third-order valence-corrected chi connectivity index (χ3v) is 2.50. The Balaban J connectivity index is 2.43. The fourth-order valence-corrected chi connectivity index (χ4v) is 1.82. The Labute approximate surface area is 84.2 Å². The van der Waals surface area contributed by atoms with Crippen molar-refractivity contribution in [2.45, 2.75) is 6.61 Å². The van der Waals surface area contributed by atoms with Crippen LogP contribution in [0.15, 0.2) is 22.6 Å². The lowest BCUT2D eigenvalue weighted by Gasteiger charge is -1.93. The van der Waals surface area contributed by atoms with Gasteiger partial charge in [-0.2, -0.15) is 0 Å². The number of benzene rings is 1. The van der Waals surface area contributed by atoms with E-state index in [0.29, 0.717) is 21.9 Å². The molecule has 0 saturated heterocycles. The van der Waals surface area contributed by atoms with Crippen molar-refractivity contribution in [2.75, 3.05) is 0 Å². The van der Waals surface area contributed by atoms with Gasteiger partial charge in [-0.3, -0.25) is 0 Å². The number of cyclic esters (lactones) is 1. The van der Waals surface area contributed by atoms with E-state index in [4.69, 9.17) is 20.8 Å². The number of hydrogen-bond donors (Lipinski definition) is 0. The second-order valence-corrected chi connectivity index (χ2v) is 3.55. The van der Waals surface area contributed by atoms with Crippen molar-refractivity contribution in [3.63, 3.8) is 0 Å². The van der Waals surface area contributed by atoms with Crippen LogP contribution in [0.1, 0.15) is 16.1 Å². The van der Waals surface area contributed by atoms with Gasteiger partial charge in [-0.05, 0) is 18.2 Å². The molecule has 0 unspecified atom stereocenters. The molecule has 0 amide bonds. The number of halogens is 1. The number of furan rings is 1. The van der Waals surface area contributed by atoms with E-state index in [1.54, 1.807) is 18.2 Å². The molecule has 0 aliphatic carbocycles. The van der Waals surface area contributed by atoms with Gasteiger partial charge >= 0.3 is 5.97 Å². The smallest absolute Gasteiger partial charge is 0.342 e. The summed E-state index contributed by atoms with van der Waals surface area (Å²) in [6.45, 7) is 0.223. The van der Waals surface area contributed by atoms with Gasteiger partial charge in [-0.25, -0.2) is 4.79 Å². The topological polar surface area (TPSA) is 39.4 Å². The quantitative estimate of drug-likeness (QED) is 0.625. The van der Waals surface area contributed by atoms with E-state index in [1.165, 1.54) is 0 Å². The second kappa shape index (κ2) is 2.51. The van der Waals surface area contributed by atoms with Crippen LogP contribution in [0.5, 0.6) is 0 Å². The summed E-state index contributed by atoms with van der Waals surface area (Å²) >= 11 is 5.83. The van der Waals surface area contributed by atoms with E-state index in [2.05, 4.69) is 0 Å². The summed E-state index contributed by atoms with van der Waals surface area (Å²) in [6, 6.07) is 5.20. The summed E-state index contributed by atoms with van der Waals surface area (Å²) in [7, 11) is 0. The second-order valence-electron chi connectivity index (χ2n) is 3.12. The molecular formula is C10H5ClO3. The van der Waals surface area contributed by atoms with Crippen molar-refractivity contribution in [1.29, 1.82) is 0 Å². The molecule has 0 bridgehead atoms. The van der Waals surface area contributed by atoms with Crippen LogP contribution in [0.25, 0.3) is 11.0 Å². The molecule has 0 saturated carbocycles. The van der Waals surface area contributed by atoms with Gasteiger partial charge < -0.3 is 9.15 Å². The minimum Gasteiger partial charge on any atom is -0.456 e. The first-order valence-electron chi connectivity index (χ1n) is 4.14. The average Bonchev–Trinajstić information content (AvgIpc) is 2.67. The van der Waals surface area contributed by atoms with Crippen LogP contribution in [0.4, 0.5) is 0 Å². The molecule has 0 N–H and O–H groups in total. The first kappa shape index (κ1) is 7.88. The third kappa shape index (κ3) is 0.902. The minimum atomic E-state index is -0.332. The van der Waals surface area contributed by atoms with Crippen LogP contribution in [0.3, 0.4) is 0 Å². The highest BCUT2D eigenvalue weighted by atomic mass is 35.5. The van der Waals surface area contributed by atoms with Crippen molar-refractivity contribution in [3.8, 4) is 0 Å². The summed E-state index contributed by atoms with van der Waals surface area (Å²) in [4.78, 5) is 11.3. The van der Waals surface area contributed by atoms with Crippen LogP contribution < -0.4 is 0 Å². The van der Waals surface area contributed by atoms with Crippen LogP contribution in [0, 0.1) is 0 Å². The van der Waals surface area contributed by atoms with Gasteiger partial charge in [0.1, 0.15) is 11.1 Å². The average molecular weight is 209 g/mol. The zero-order valence-corrected chi connectivity index (χ0v) is 7.80. The fraction of sp³-hybridized carbons (Fsp3) is 0.100. The van der Waals surface area contributed by atoms with E-state index in [0.717, 1.165) is 5.39 Å². The molecule has 0 fully saturated rings. The number of esters is 1. The Hall–Kier alpha value is -1.48. The molecule has 1 aromatic carbocycles. The van der Waals surface area contributed by atoms with Crippen molar-refractivity contribution in [2.24, 2.45) is 0 Å². The SMILES string of the molecule is O=C1OCc2oc3ccc(Cl)cc3c21. The highest BCUT2D eigenvalue weighted by molar-refractivity contribution is 6.31. The fourth-order valence-electron chi connectivity index (χ4n) is 1.65. The zero-order chi connectivity index (χ0) is 9.71. The Bertz CT molecular complexity index is 542. The van der Waals surface area contributed by atoms with Crippen molar-refractivity contribution < 1.29 is 13.9 Å². The van der Waals surface area contributed by atoms with Crippen LogP contribution in [-0.4, -0.2) is 5.97 Å². The lowest BCUT2D eigenvalue weighted by molar-refractivity contribution is 0.0524. The van der Waals surface area contributed by atoms with E-state index in [1.807, 2.05) is 0 Å². The molecule has 0 atom stereocenters. The first-order valence-corrected chi connectivity index (χ1v) is 4.51.